The first-order valence-corrected chi connectivity index (χ1v) is 4.07. The van der Waals surface area contributed by atoms with Gasteiger partial charge in [0.1, 0.15) is 0 Å². The molecule has 0 aliphatic heterocycles. The lowest BCUT2D eigenvalue weighted by Crippen LogP contribution is -2.31. The molecular weight excluding hydrogens is 155 g/mol. The van der Waals surface area contributed by atoms with Crippen LogP contribution >= 0.6 is 0 Å². The Morgan fingerprint density at radius 1 is 1.50 bits per heavy atom. The lowest BCUT2D eigenvalue weighted by Gasteiger charge is -2.28. The van der Waals surface area contributed by atoms with E-state index in [-0.39, 0.29) is 11.7 Å². The number of carbonyl (C=O) groups is 1. The molecule has 0 N–H and O–H groups in total. The topological polar surface area (TPSA) is 17.1 Å². The van der Waals surface area contributed by atoms with Crippen molar-refractivity contribution >= 4 is 5.78 Å². The molecule has 66 valence electrons. The van der Waals surface area contributed by atoms with Gasteiger partial charge >= 0.3 is 0 Å². The molecular formula is C10H13FO. The van der Waals surface area contributed by atoms with Crippen molar-refractivity contribution < 1.29 is 9.18 Å². The maximum atomic E-state index is 14.0. The molecule has 0 radical (unpaired) electrons. The number of halogens is 1. The number of hydrogen-bond donors (Lipinski definition) is 0. The average molecular weight is 168 g/mol. The molecule has 0 aromatic carbocycles. The maximum Gasteiger partial charge on any atom is 0.178 e. The van der Waals surface area contributed by atoms with Crippen molar-refractivity contribution in [3.63, 3.8) is 0 Å². The first kappa shape index (κ1) is 9.17. The van der Waals surface area contributed by atoms with Crippen molar-refractivity contribution in [3.8, 4) is 0 Å². The summed E-state index contributed by atoms with van der Waals surface area (Å²) >= 11 is 0. The molecule has 1 aliphatic rings. The highest BCUT2D eigenvalue weighted by Crippen LogP contribution is 2.33. The third-order valence-corrected chi connectivity index (χ3v) is 2.29. The van der Waals surface area contributed by atoms with Crippen LogP contribution in [0.15, 0.2) is 23.8 Å². The first-order chi connectivity index (χ1) is 5.47. The van der Waals surface area contributed by atoms with E-state index in [4.69, 9.17) is 0 Å². The highest BCUT2D eigenvalue weighted by atomic mass is 19.1. The Balaban J connectivity index is 3.02. The Bertz CT molecular complexity index is 263. The van der Waals surface area contributed by atoms with Gasteiger partial charge in [-0.25, -0.2) is 4.39 Å². The lowest BCUT2D eigenvalue weighted by atomic mass is 9.82. The van der Waals surface area contributed by atoms with Crippen LogP contribution in [0, 0.1) is 5.92 Å². The molecule has 1 atom stereocenters. The predicted molar refractivity (Wildman–Crippen MR) is 46.6 cm³/mol. The van der Waals surface area contributed by atoms with Crippen LogP contribution < -0.4 is 0 Å². The van der Waals surface area contributed by atoms with Crippen LogP contribution in [0.2, 0.25) is 0 Å². The fourth-order valence-corrected chi connectivity index (χ4v) is 1.35. The van der Waals surface area contributed by atoms with Gasteiger partial charge in [0.25, 0.3) is 0 Å². The lowest BCUT2D eigenvalue weighted by molar-refractivity contribution is -0.110. The van der Waals surface area contributed by atoms with E-state index in [1.807, 2.05) is 0 Å². The van der Waals surface area contributed by atoms with Crippen molar-refractivity contribution in [1.29, 1.82) is 0 Å². The van der Waals surface area contributed by atoms with Crippen LogP contribution in [0.1, 0.15) is 20.8 Å². The van der Waals surface area contributed by atoms with Gasteiger partial charge in [0.05, 0.1) is 0 Å². The third-order valence-electron chi connectivity index (χ3n) is 2.29. The van der Waals surface area contributed by atoms with E-state index < -0.39 is 5.67 Å². The second-order valence-corrected chi connectivity index (χ2v) is 3.49. The number of alkyl halides is 1. The van der Waals surface area contributed by atoms with Crippen LogP contribution in [-0.4, -0.2) is 11.5 Å². The zero-order valence-corrected chi connectivity index (χ0v) is 7.60. The molecule has 2 heteroatoms. The molecule has 0 spiro atoms. The van der Waals surface area contributed by atoms with Crippen molar-refractivity contribution in [2.45, 2.75) is 26.4 Å². The molecule has 12 heavy (non-hydrogen) atoms. The summed E-state index contributed by atoms with van der Waals surface area (Å²) in [6, 6.07) is 0. The molecule has 0 heterocycles. The second kappa shape index (κ2) is 2.85. The largest absolute Gasteiger partial charge is 0.290 e. The minimum absolute atomic E-state index is 0.124. The minimum Gasteiger partial charge on any atom is -0.290 e. The van der Waals surface area contributed by atoms with Gasteiger partial charge in [-0.1, -0.05) is 13.8 Å². The van der Waals surface area contributed by atoms with Crippen LogP contribution in [0.25, 0.3) is 0 Å². The van der Waals surface area contributed by atoms with Crippen molar-refractivity contribution in [1.82, 2.24) is 0 Å². The highest BCUT2D eigenvalue weighted by molar-refractivity contribution is 6.01. The molecule has 0 fully saturated rings. The molecule has 0 amide bonds. The zero-order chi connectivity index (χ0) is 9.35. The Hall–Kier alpha value is -0.920. The van der Waals surface area contributed by atoms with E-state index in [9.17, 15) is 9.18 Å². The summed E-state index contributed by atoms with van der Waals surface area (Å²) in [4.78, 5) is 10.9. The van der Waals surface area contributed by atoms with Crippen LogP contribution in [0.3, 0.4) is 0 Å². The van der Waals surface area contributed by atoms with Crippen LogP contribution in [-0.2, 0) is 4.79 Å². The Morgan fingerprint density at radius 2 is 2.08 bits per heavy atom. The van der Waals surface area contributed by atoms with Gasteiger partial charge in [0.2, 0.25) is 0 Å². The summed E-state index contributed by atoms with van der Waals surface area (Å²) in [7, 11) is 0. The first-order valence-electron chi connectivity index (χ1n) is 4.07. The Morgan fingerprint density at radius 3 is 2.50 bits per heavy atom. The van der Waals surface area contributed by atoms with E-state index in [0.29, 0.717) is 5.57 Å². The molecule has 1 rings (SSSR count). The average Bonchev–Trinajstić information content (AvgIpc) is 1.97. The van der Waals surface area contributed by atoms with Gasteiger partial charge in [-0.2, -0.15) is 0 Å². The standard InChI is InChI=1S/C10H13FO/c1-7(2)10(11)5-4-9(12)6-8(10)3/h4-7H,1-3H3. The predicted octanol–water partition coefficient (Wildman–Crippen LogP) is 2.44. The molecule has 1 unspecified atom stereocenters. The van der Waals surface area contributed by atoms with Gasteiger partial charge in [0, 0.05) is 0 Å². The van der Waals surface area contributed by atoms with Gasteiger partial charge in [-0.15, -0.1) is 0 Å². The van der Waals surface area contributed by atoms with Crippen molar-refractivity contribution in [2.24, 2.45) is 5.92 Å². The number of carbonyl (C=O) groups excluding carboxylic acids is 1. The monoisotopic (exact) mass is 168 g/mol. The summed E-state index contributed by atoms with van der Waals surface area (Å²) in [5.41, 5.74) is -0.918. The quantitative estimate of drug-likeness (QED) is 0.587. The Labute approximate surface area is 72.0 Å². The number of allylic oxidation sites excluding steroid dienone is 4. The zero-order valence-electron chi connectivity index (χ0n) is 7.60. The summed E-state index contributed by atoms with van der Waals surface area (Å²) in [5, 5.41) is 0. The SMILES string of the molecule is CC1=CC(=O)C=CC1(F)C(C)C. The molecule has 0 saturated heterocycles. The summed E-state index contributed by atoms with van der Waals surface area (Å²) < 4.78 is 14.0. The van der Waals surface area contributed by atoms with Gasteiger partial charge < -0.3 is 0 Å². The van der Waals surface area contributed by atoms with E-state index in [1.165, 1.54) is 18.2 Å². The third kappa shape index (κ3) is 1.33. The van der Waals surface area contributed by atoms with Crippen LogP contribution in [0.4, 0.5) is 4.39 Å². The summed E-state index contributed by atoms with van der Waals surface area (Å²) in [6.45, 7) is 5.26. The molecule has 1 aliphatic carbocycles. The minimum atomic E-state index is -1.42. The van der Waals surface area contributed by atoms with E-state index in [1.54, 1.807) is 20.8 Å². The smallest absolute Gasteiger partial charge is 0.178 e. The highest BCUT2D eigenvalue weighted by Gasteiger charge is 2.34. The van der Waals surface area contributed by atoms with Gasteiger partial charge in [-0.3, -0.25) is 4.79 Å². The molecule has 1 nitrogen and oxygen atoms in total. The van der Waals surface area contributed by atoms with E-state index in [0.717, 1.165) is 0 Å². The molecule has 0 bridgehead atoms. The number of ketones is 1. The van der Waals surface area contributed by atoms with E-state index >= 15 is 0 Å². The van der Waals surface area contributed by atoms with Gasteiger partial charge in [0.15, 0.2) is 11.5 Å². The van der Waals surface area contributed by atoms with Crippen LogP contribution in [0.5, 0.6) is 0 Å². The van der Waals surface area contributed by atoms with Gasteiger partial charge in [-0.05, 0) is 36.6 Å². The Kier molecular flexibility index (Phi) is 2.18. The molecule has 0 aromatic heterocycles. The summed E-state index contributed by atoms with van der Waals surface area (Å²) in [5.74, 6) is -0.250. The maximum absolute atomic E-state index is 14.0. The van der Waals surface area contributed by atoms with E-state index in [2.05, 4.69) is 0 Å². The fourth-order valence-electron chi connectivity index (χ4n) is 1.35. The number of hydrogen-bond acceptors (Lipinski definition) is 1. The summed E-state index contributed by atoms with van der Waals surface area (Å²) in [6.07, 6.45) is 4.02. The molecule has 0 saturated carbocycles. The fraction of sp³-hybridized carbons (Fsp3) is 0.500. The van der Waals surface area contributed by atoms with Crippen molar-refractivity contribution in [2.75, 3.05) is 0 Å². The molecule has 0 aromatic rings. The second-order valence-electron chi connectivity index (χ2n) is 3.49. The normalized spacial score (nSPS) is 29.4. The number of rotatable bonds is 1. The van der Waals surface area contributed by atoms with Crippen molar-refractivity contribution in [3.05, 3.63) is 23.8 Å².